The molecule has 0 amide bonds. The first kappa shape index (κ1) is 13.6. The molecule has 0 atom stereocenters. The molecule has 0 aliphatic carbocycles. The maximum absolute atomic E-state index is 4.87. The van der Waals surface area contributed by atoms with Gasteiger partial charge in [-0.05, 0) is 30.2 Å². The number of nitrogens with zero attached hydrogens (tertiary/aromatic N) is 2. The van der Waals surface area contributed by atoms with Gasteiger partial charge in [0.1, 0.15) is 0 Å². The molecule has 0 bridgehead atoms. The summed E-state index contributed by atoms with van der Waals surface area (Å²) in [5, 5.41) is 1.15. The summed E-state index contributed by atoms with van der Waals surface area (Å²) in [6.45, 7) is 2.16. The van der Waals surface area contributed by atoms with Crippen LogP contribution < -0.4 is 4.90 Å². The Morgan fingerprint density at radius 2 is 1.86 bits per heavy atom. The molecule has 0 saturated carbocycles. The molecule has 2 aromatic carbocycles. The van der Waals surface area contributed by atoms with Gasteiger partial charge in [-0.1, -0.05) is 43.3 Å². The van der Waals surface area contributed by atoms with Crippen molar-refractivity contribution in [3.63, 3.8) is 0 Å². The van der Waals surface area contributed by atoms with Gasteiger partial charge in [-0.25, -0.2) is 0 Å². The highest BCUT2D eigenvalue weighted by molar-refractivity contribution is 6.00. The van der Waals surface area contributed by atoms with Gasteiger partial charge in [-0.3, -0.25) is 4.98 Å². The van der Waals surface area contributed by atoms with Crippen LogP contribution in [0.3, 0.4) is 0 Å². The van der Waals surface area contributed by atoms with Crippen LogP contribution in [-0.4, -0.2) is 19.1 Å². The predicted molar refractivity (Wildman–Crippen MR) is 89.7 cm³/mol. The van der Waals surface area contributed by atoms with E-state index in [1.165, 1.54) is 16.8 Å². The second kappa shape index (κ2) is 5.57. The largest absolute Gasteiger partial charge is 0.377 e. The lowest BCUT2D eigenvalue weighted by atomic mass is 9.97. The molecular formula is C19H19N2. The molecule has 0 fully saturated rings. The van der Waals surface area contributed by atoms with Gasteiger partial charge < -0.3 is 4.90 Å². The van der Waals surface area contributed by atoms with E-state index in [1.54, 1.807) is 0 Å². The van der Waals surface area contributed by atoms with Crippen molar-refractivity contribution in [2.45, 2.75) is 13.3 Å². The Morgan fingerprint density at radius 3 is 2.52 bits per heavy atom. The van der Waals surface area contributed by atoms with Gasteiger partial charge in [0.05, 0.1) is 16.9 Å². The lowest BCUT2D eigenvalue weighted by Gasteiger charge is -2.22. The normalized spacial score (nSPS) is 10.8. The zero-order valence-electron chi connectivity index (χ0n) is 12.7. The number of anilines is 1. The van der Waals surface area contributed by atoms with Crippen molar-refractivity contribution >= 4 is 16.6 Å². The van der Waals surface area contributed by atoms with Crippen LogP contribution in [0.25, 0.3) is 22.0 Å². The highest BCUT2D eigenvalue weighted by Crippen LogP contribution is 2.38. The van der Waals surface area contributed by atoms with Gasteiger partial charge in [0.25, 0.3) is 0 Å². The van der Waals surface area contributed by atoms with Crippen molar-refractivity contribution in [3.8, 4) is 11.1 Å². The summed E-state index contributed by atoms with van der Waals surface area (Å²) in [5.41, 5.74) is 5.85. The monoisotopic (exact) mass is 275 g/mol. The minimum absolute atomic E-state index is 0.916. The first-order valence-corrected chi connectivity index (χ1v) is 7.27. The van der Waals surface area contributed by atoms with Crippen LogP contribution in [0.5, 0.6) is 0 Å². The van der Waals surface area contributed by atoms with Gasteiger partial charge >= 0.3 is 0 Å². The number of fused-ring (bicyclic) bond motifs is 1. The molecule has 21 heavy (non-hydrogen) atoms. The number of benzene rings is 2. The fourth-order valence-electron chi connectivity index (χ4n) is 2.81. The Balaban J connectivity index is 2.43. The average molecular weight is 275 g/mol. The van der Waals surface area contributed by atoms with Crippen molar-refractivity contribution in [2.24, 2.45) is 0 Å². The number of hydrogen-bond donors (Lipinski definition) is 0. The van der Waals surface area contributed by atoms with E-state index in [4.69, 9.17) is 4.98 Å². The van der Waals surface area contributed by atoms with E-state index in [0.717, 1.165) is 23.0 Å². The van der Waals surface area contributed by atoms with Crippen LogP contribution in [0.1, 0.15) is 12.6 Å². The Bertz CT molecular complexity index is 761. The van der Waals surface area contributed by atoms with Crippen molar-refractivity contribution in [1.29, 1.82) is 0 Å². The standard InChI is InChI=1S/C19H19N2/c1-4-16-18(14-10-6-5-7-11-14)19(21(2)3)15-12-8-9-13-17(15)20-16/h5-7,9-13H,4H2,1-3H3. The summed E-state index contributed by atoms with van der Waals surface area (Å²) in [6.07, 6.45) is 0.916. The summed E-state index contributed by atoms with van der Waals surface area (Å²) in [5.74, 6) is 0. The molecule has 0 aliphatic heterocycles. The van der Waals surface area contributed by atoms with E-state index in [0.29, 0.717) is 0 Å². The number of aryl methyl sites for hydroxylation is 1. The predicted octanol–water partition coefficient (Wildman–Crippen LogP) is 4.33. The highest BCUT2D eigenvalue weighted by Gasteiger charge is 2.16. The summed E-state index contributed by atoms with van der Waals surface area (Å²) in [6, 6.07) is 19.7. The van der Waals surface area contributed by atoms with Gasteiger partial charge in [-0.15, -0.1) is 0 Å². The second-order valence-corrected chi connectivity index (χ2v) is 5.34. The highest BCUT2D eigenvalue weighted by atomic mass is 15.1. The number of pyridine rings is 1. The molecule has 2 nitrogen and oxygen atoms in total. The first-order chi connectivity index (χ1) is 10.2. The third-order valence-electron chi connectivity index (χ3n) is 3.72. The zero-order valence-corrected chi connectivity index (χ0v) is 12.7. The van der Waals surface area contributed by atoms with E-state index in [1.807, 2.05) is 24.3 Å². The van der Waals surface area contributed by atoms with Crippen LogP contribution in [0.15, 0.2) is 48.5 Å². The topological polar surface area (TPSA) is 16.1 Å². The fourth-order valence-corrected chi connectivity index (χ4v) is 2.81. The average Bonchev–Trinajstić information content (AvgIpc) is 2.53. The van der Waals surface area contributed by atoms with E-state index in [9.17, 15) is 0 Å². The number of rotatable bonds is 3. The summed E-state index contributed by atoms with van der Waals surface area (Å²) in [4.78, 5) is 7.05. The molecule has 0 saturated heterocycles. The molecule has 3 aromatic rings. The van der Waals surface area contributed by atoms with Gasteiger partial charge in [0.2, 0.25) is 0 Å². The smallest absolute Gasteiger partial charge is 0.0727 e. The lowest BCUT2D eigenvalue weighted by Crippen LogP contribution is -2.13. The Kier molecular flexibility index (Phi) is 3.61. The van der Waals surface area contributed by atoms with Crippen molar-refractivity contribution in [1.82, 2.24) is 4.98 Å². The summed E-state index contributed by atoms with van der Waals surface area (Å²) >= 11 is 0. The Morgan fingerprint density at radius 1 is 1.10 bits per heavy atom. The molecule has 1 radical (unpaired) electrons. The van der Waals surface area contributed by atoms with Gasteiger partial charge in [0, 0.05) is 25.0 Å². The maximum atomic E-state index is 4.87. The molecular weight excluding hydrogens is 256 g/mol. The number of aromatic nitrogens is 1. The molecule has 0 spiro atoms. The van der Waals surface area contributed by atoms with Crippen LogP contribution in [0.2, 0.25) is 0 Å². The van der Waals surface area contributed by atoms with E-state index in [2.05, 4.69) is 56.3 Å². The first-order valence-electron chi connectivity index (χ1n) is 7.27. The molecule has 3 rings (SSSR count). The van der Waals surface area contributed by atoms with Crippen LogP contribution >= 0.6 is 0 Å². The van der Waals surface area contributed by atoms with Crippen molar-refractivity contribution < 1.29 is 0 Å². The Labute approximate surface area is 126 Å². The molecule has 0 N–H and O–H groups in total. The number of hydrogen-bond acceptors (Lipinski definition) is 2. The minimum atomic E-state index is 0.916. The van der Waals surface area contributed by atoms with Crippen LogP contribution in [0, 0.1) is 6.07 Å². The van der Waals surface area contributed by atoms with Crippen molar-refractivity contribution in [3.05, 3.63) is 60.3 Å². The molecule has 0 aliphatic rings. The quantitative estimate of drug-likeness (QED) is 0.707. The molecule has 1 heterocycles. The lowest BCUT2D eigenvalue weighted by molar-refractivity contribution is 1.05. The van der Waals surface area contributed by atoms with E-state index < -0.39 is 0 Å². The summed E-state index contributed by atoms with van der Waals surface area (Å²) in [7, 11) is 4.18. The van der Waals surface area contributed by atoms with Crippen LogP contribution in [0.4, 0.5) is 5.69 Å². The fraction of sp³-hybridized carbons (Fsp3) is 0.211. The third-order valence-corrected chi connectivity index (χ3v) is 3.72. The Hall–Kier alpha value is -2.35. The third kappa shape index (κ3) is 2.38. The van der Waals surface area contributed by atoms with Gasteiger partial charge in [0.15, 0.2) is 0 Å². The SMILES string of the molecule is CCc1nc2cc[c]cc2c(N(C)C)c1-c1ccccc1. The second-order valence-electron chi connectivity index (χ2n) is 5.34. The maximum Gasteiger partial charge on any atom is 0.0727 e. The zero-order chi connectivity index (χ0) is 14.8. The van der Waals surface area contributed by atoms with E-state index in [-0.39, 0.29) is 0 Å². The van der Waals surface area contributed by atoms with Crippen LogP contribution in [-0.2, 0) is 6.42 Å². The minimum Gasteiger partial charge on any atom is -0.377 e. The molecule has 1 aromatic heterocycles. The molecule has 2 heteroatoms. The van der Waals surface area contributed by atoms with Crippen molar-refractivity contribution in [2.75, 3.05) is 19.0 Å². The molecule has 105 valence electrons. The molecule has 0 unspecified atom stereocenters. The van der Waals surface area contributed by atoms with E-state index >= 15 is 0 Å². The van der Waals surface area contributed by atoms with Gasteiger partial charge in [-0.2, -0.15) is 0 Å². The summed E-state index contributed by atoms with van der Waals surface area (Å²) < 4.78 is 0.